The van der Waals surface area contributed by atoms with Crippen molar-refractivity contribution in [1.82, 2.24) is 18.8 Å². The Kier molecular flexibility index (Phi) is 6.44. The van der Waals surface area contributed by atoms with Crippen molar-refractivity contribution in [3.8, 4) is 0 Å². The monoisotopic (exact) mass is 468 g/mol. The smallest absolute Gasteiger partial charge is 0.261 e. The first kappa shape index (κ1) is 23.6. The predicted octanol–water partition coefficient (Wildman–Crippen LogP) is 3.32. The van der Waals surface area contributed by atoms with E-state index in [1.54, 1.807) is 22.0 Å². The van der Waals surface area contributed by atoms with Crippen molar-refractivity contribution in [3.63, 3.8) is 0 Å². The van der Waals surface area contributed by atoms with E-state index in [9.17, 15) is 13.2 Å². The van der Waals surface area contributed by atoms with Gasteiger partial charge in [0.15, 0.2) is 0 Å². The molecule has 2 aromatic carbocycles. The number of fused-ring (bicyclic) bond motifs is 1. The maximum Gasteiger partial charge on any atom is 0.261 e. The fourth-order valence-corrected chi connectivity index (χ4v) is 6.93. The van der Waals surface area contributed by atoms with Crippen molar-refractivity contribution < 1.29 is 8.42 Å². The third-order valence-electron chi connectivity index (χ3n) is 6.62. The zero-order valence-electron chi connectivity index (χ0n) is 20.0. The maximum absolute atomic E-state index is 13.5. The Balaban J connectivity index is 1.59. The average molecular weight is 469 g/mol. The zero-order valence-corrected chi connectivity index (χ0v) is 20.8. The Bertz CT molecular complexity index is 1330. The second-order valence-corrected chi connectivity index (χ2v) is 10.8. The van der Waals surface area contributed by atoms with Gasteiger partial charge >= 0.3 is 0 Å². The number of piperazine rings is 1. The topological polar surface area (TPSA) is 75.5 Å². The number of aromatic nitrogens is 2. The van der Waals surface area contributed by atoms with Gasteiger partial charge in [-0.15, -0.1) is 0 Å². The van der Waals surface area contributed by atoms with Crippen LogP contribution in [0.3, 0.4) is 0 Å². The zero-order chi connectivity index (χ0) is 23.9. The minimum atomic E-state index is -3.57. The molecule has 1 atom stereocenters. The molecule has 1 aliphatic heterocycles. The first-order chi connectivity index (χ1) is 15.6. The van der Waals surface area contributed by atoms with Gasteiger partial charge < -0.3 is 0 Å². The van der Waals surface area contributed by atoms with E-state index >= 15 is 0 Å². The van der Waals surface area contributed by atoms with E-state index in [0.29, 0.717) is 42.0 Å². The standard InChI is InChI=1S/C25H32N4O3S/c1-6-22(24-26-21-10-8-7-9-20(21)25(30)27(24)5)28-11-13-29(14-12-28)33(31,32)23-18(3)15-17(2)16-19(23)4/h7-10,15-16,22H,6,11-14H2,1-5H3. The number of para-hydroxylation sites is 1. The molecule has 0 aliphatic carbocycles. The number of hydrogen-bond acceptors (Lipinski definition) is 5. The molecule has 0 bridgehead atoms. The second-order valence-electron chi connectivity index (χ2n) is 8.94. The Morgan fingerprint density at radius 2 is 1.61 bits per heavy atom. The highest BCUT2D eigenvalue weighted by atomic mass is 32.2. The minimum Gasteiger partial charge on any atom is -0.298 e. The van der Waals surface area contributed by atoms with E-state index in [2.05, 4.69) is 11.8 Å². The van der Waals surface area contributed by atoms with E-state index in [0.717, 1.165) is 28.9 Å². The van der Waals surface area contributed by atoms with Crippen LogP contribution < -0.4 is 5.56 Å². The van der Waals surface area contributed by atoms with Crippen molar-refractivity contribution in [2.24, 2.45) is 7.05 Å². The molecule has 0 amide bonds. The first-order valence-corrected chi connectivity index (χ1v) is 12.9. The summed E-state index contributed by atoms with van der Waals surface area (Å²) in [4.78, 5) is 20.4. The van der Waals surface area contributed by atoms with Crippen LogP contribution in [0.1, 0.15) is 41.9 Å². The lowest BCUT2D eigenvalue weighted by molar-refractivity contribution is 0.126. The second kappa shape index (κ2) is 9.00. The van der Waals surface area contributed by atoms with E-state index in [1.165, 1.54) is 0 Å². The summed E-state index contributed by atoms with van der Waals surface area (Å²) >= 11 is 0. The molecule has 1 aliphatic rings. The first-order valence-electron chi connectivity index (χ1n) is 11.4. The Morgan fingerprint density at radius 3 is 2.21 bits per heavy atom. The average Bonchev–Trinajstić information content (AvgIpc) is 2.77. The Labute approximate surface area is 195 Å². The SMILES string of the molecule is CCC(c1nc2ccccc2c(=O)n1C)N1CCN(S(=O)(=O)c2c(C)cc(C)cc2C)CC1. The highest BCUT2D eigenvalue weighted by molar-refractivity contribution is 7.89. The van der Waals surface area contributed by atoms with Gasteiger partial charge in [-0.1, -0.05) is 36.8 Å². The summed E-state index contributed by atoms with van der Waals surface area (Å²) < 4.78 is 30.1. The van der Waals surface area contributed by atoms with Crippen LogP contribution >= 0.6 is 0 Å². The molecular formula is C25H32N4O3S. The van der Waals surface area contributed by atoms with Gasteiger partial charge in [0, 0.05) is 33.2 Å². The van der Waals surface area contributed by atoms with Crippen LogP contribution in [0.25, 0.3) is 10.9 Å². The van der Waals surface area contributed by atoms with Gasteiger partial charge in [-0.3, -0.25) is 14.3 Å². The van der Waals surface area contributed by atoms with Crippen LogP contribution in [-0.4, -0.2) is 53.4 Å². The van der Waals surface area contributed by atoms with Crippen LogP contribution in [0.15, 0.2) is 46.1 Å². The van der Waals surface area contributed by atoms with Gasteiger partial charge in [-0.2, -0.15) is 4.31 Å². The Hall–Kier alpha value is -2.55. The van der Waals surface area contributed by atoms with Gasteiger partial charge in [-0.05, 0) is 50.5 Å². The summed E-state index contributed by atoms with van der Waals surface area (Å²) in [6.45, 7) is 9.78. The molecule has 1 aromatic heterocycles. The number of hydrogen-bond donors (Lipinski definition) is 0. The van der Waals surface area contributed by atoms with E-state index in [-0.39, 0.29) is 11.6 Å². The van der Waals surface area contributed by atoms with Gasteiger partial charge in [0.2, 0.25) is 10.0 Å². The molecule has 0 saturated carbocycles. The lowest BCUT2D eigenvalue weighted by atomic mass is 10.1. The molecule has 1 unspecified atom stereocenters. The third kappa shape index (κ3) is 4.23. The minimum absolute atomic E-state index is 0.0550. The highest BCUT2D eigenvalue weighted by Crippen LogP contribution is 2.29. The lowest BCUT2D eigenvalue weighted by Gasteiger charge is -2.38. The Morgan fingerprint density at radius 1 is 1.00 bits per heavy atom. The number of rotatable bonds is 5. The summed E-state index contributed by atoms with van der Waals surface area (Å²) in [5.41, 5.74) is 3.28. The molecule has 4 rings (SSSR count). The van der Waals surface area contributed by atoms with Crippen molar-refractivity contribution in [1.29, 1.82) is 0 Å². The van der Waals surface area contributed by atoms with Crippen LogP contribution in [-0.2, 0) is 17.1 Å². The number of nitrogens with zero attached hydrogens (tertiary/aromatic N) is 4. The van der Waals surface area contributed by atoms with Crippen molar-refractivity contribution in [3.05, 3.63) is 69.3 Å². The molecule has 3 aromatic rings. The summed E-state index contributed by atoms with van der Waals surface area (Å²) in [6, 6.07) is 11.2. The summed E-state index contributed by atoms with van der Waals surface area (Å²) in [5.74, 6) is 0.725. The van der Waals surface area contributed by atoms with Gasteiger partial charge in [0.25, 0.3) is 5.56 Å². The predicted molar refractivity (Wildman–Crippen MR) is 131 cm³/mol. The molecule has 2 heterocycles. The van der Waals surface area contributed by atoms with Crippen LogP contribution in [0.4, 0.5) is 0 Å². The lowest BCUT2D eigenvalue weighted by Crippen LogP contribution is -2.50. The molecule has 7 nitrogen and oxygen atoms in total. The molecule has 0 spiro atoms. The maximum atomic E-state index is 13.5. The molecule has 0 radical (unpaired) electrons. The largest absolute Gasteiger partial charge is 0.298 e. The normalized spacial score (nSPS) is 16.9. The van der Waals surface area contributed by atoms with E-state index in [1.807, 2.05) is 51.1 Å². The number of aryl methyl sites for hydroxylation is 3. The van der Waals surface area contributed by atoms with Crippen LogP contribution in [0, 0.1) is 20.8 Å². The highest BCUT2D eigenvalue weighted by Gasteiger charge is 2.34. The molecule has 33 heavy (non-hydrogen) atoms. The van der Waals surface area contributed by atoms with Crippen molar-refractivity contribution >= 4 is 20.9 Å². The summed E-state index contributed by atoms with van der Waals surface area (Å²) in [5, 5.41) is 0.610. The number of benzene rings is 2. The van der Waals surface area contributed by atoms with Gasteiger partial charge in [-0.25, -0.2) is 13.4 Å². The fourth-order valence-electron chi connectivity index (χ4n) is 5.10. The van der Waals surface area contributed by atoms with E-state index in [4.69, 9.17) is 4.98 Å². The fraction of sp³-hybridized carbons (Fsp3) is 0.440. The summed E-state index contributed by atoms with van der Waals surface area (Å²) in [6.07, 6.45) is 0.779. The molecule has 176 valence electrons. The molecule has 1 saturated heterocycles. The molecule has 0 N–H and O–H groups in total. The molecule has 1 fully saturated rings. The van der Waals surface area contributed by atoms with Crippen LogP contribution in [0.2, 0.25) is 0 Å². The van der Waals surface area contributed by atoms with Gasteiger partial charge in [0.1, 0.15) is 5.82 Å². The molecular weight excluding hydrogens is 436 g/mol. The van der Waals surface area contributed by atoms with Gasteiger partial charge in [0.05, 0.1) is 21.8 Å². The molecule has 8 heteroatoms. The number of sulfonamides is 1. The summed E-state index contributed by atoms with van der Waals surface area (Å²) in [7, 11) is -1.80. The quantitative estimate of drug-likeness (QED) is 0.574. The van der Waals surface area contributed by atoms with Crippen molar-refractivity contribution in [2.45, 2.75) is 45.1 Å². The third-order valence-corrected chi connectivity index (χ3v) is 8.82. The van der Waals surface area contributed by atoms with E-state index < -0.39 is 10.0 Å². The van der Waals surface area contributed by atoms with Crippen LogP contribution in [0.5, 0.6) is 0 Å². The van der Waals surface area contributed by atoms with Crippen molar-refractivity contribution in [2.75, 3.05) is 26.2 Å².